The average Bonchev–Trinajstić information content (AvgIpc) is 2.98. The summed E-state index contributed by atoms with van der Waals surface area (Å²) in [6.07, 6.45) is 2.69. The van der Waals surface area contributed by atoms with Gasteiger partial charge in [0.1, 0.15) is 6.04 Å². The molecule has 0 spiro atoms. The van der Waals surface area contributed by atoms with Crippen LogP contribution in [0.4, 0.5) is 0 Å². The largest absolute Gasteiger partial charge is 0.464 e. The molecule has 4 nitrogen and oxygen atoms in total. The molecule has 4 heteroatoms. The Hall–Kier alpha value is -1.39. The third-order valence-corrected chi connectivity index (χ3v) is 3.13. The number of ether oxygens (including phenoxy) is 2. The molecule has 1 aliphatic heterocycles. The van der Waals surface area contributed by atoms with Gasteiger partial charge in [-0.2, -0.15) is 0 Å². The molecule has 1 heterocycles. The van der Waals surface area contributed by atoms with Crippen molar-refractivity contribution in [3.63, 3.8) is 0 Å². The predicted octanol–water partition coefficient (Wildman–Crippen LogP) is 1.89. The normalized spacial score (nSPS) is 18.4. The van der Waals surface area contributed by atoms with Crippen molar-refractivity contribution >= 4 is 5.97 Å². The first-order valence-electron chi connectivity index (χ1n) is 6.88. The highest BCUT2D eigenvalue weighted by Crippen LogP contribution is 2.06. The summed E-state index contributed by atoms with van der Waals surface area (Å²) in [5.74, 6) is -0.124. The first kappa shape index (κ1) is 14.0. The van der Waals surface area contributed by atoms with Crippen molar-refractivity contribution < 1.29 is 14.3 Å². The van der Waals surface area contributed by atoms with E-state index in [1.807, 2.05) is 30.3 Å². The molecule has 1 fully saturated rings. The molecule has 0 unspecified atom stereocenters. The maximum absolute atomic E-state index is 11.6. The van der Waals surface area contributed by atoms with Crippen LogP contribution in [-0.2, 0) is 20.9 Å². The van der Waals surface area contributed by atoms with Crippen LogP contribution < -0.4 is 5.32 Å². The van der Waals surface area contributed by atoms with E-state index in [0.717, 1.165) is 31.4 Å². The van der Waals surface area contributed by atoms with E-state index in [4.69, 9.17) is 9.47 Å². The minimum Gasteiger partial charge on any atom is -0.464 e. The van der Waals surface area contributed by atoms with Gasteiger partial charge in [0, 0.05) is 6.42 Å². The predicted molar refractivity (Wildman–Crippen MR) is 72.7 cm³/mol. The maximum atomic E-state index is 11.6. The number of nitrogens with one attached hydrogen (secondary N) is 1. The van der Waals surface area contributed by atoms with Gasteiger partial charge in [-0.15, -0.1) is 0 Å². The van der Waals surface area contributed by atoms with Crippen molar-refractivity contribution in [1.82, 2.24) is 5.32 Å². The van der Waals surface area contributed by atoms with Crippen LogP contribution in [0.15, 0.2) is 30.3 Å². The van der Waals surface area contributed by atoms with Gasteiger partial charge >= 0.3 is 5.97 Å². The van der Waals surface area contributed by atoms with Gasteiger partial charge < -0.3 is 14.8 Å². The zero-order chi connectivity index (χ0) is 13.3. The van der Waals surface area contributed by atoms with Crippen LogP contribution in [-0.4, -0.2) is 31.8 Å². The molecule has 1 N–H and O–H groups in total. The standard InChI is InChI=1S/C15H21NO3/c17-15(14-8-4-9-16-14)19-11-5-10-18-12-13-6-2-1-3-7-13/h1-3,6-7,14,16H,4-5,8-12H2/t14-/m0/s1. The van der Waals surface area contributed by atoms with Crippen LogP contribution in [0.5, 0.6) is 0 Å². The number of esters is 1. The third-order valence-electron chi connectivity index (χ3n) is 3.13. The molecule has 104 valence electrons. The Morgan fingerprint density at radius 3 is 2.84 bits per heavy atom. The van der Waals surface area contributed by atoms with Crippen LogP contribution in [0, 0.1) is 0 Å². The highest BCUT2D eigenvalue weighted by Gasteiger charge is 2.22. The lowest BCUT2D eigenvalue weighted by Gasteiger charge is -2.10. The zero-order valence-electron chi connectivity index (χ0n) is 11.1. The summed E-state index contributed by atoms with van der Waals surface area (Å²) in [4.78, 5) is 11.6. The molecule has 0 aliphatic carbocycles. The molecule has 1 atom stereocenters. The van der Waals surface area contributed by atoms with E-state index in [1.165, 1.54) is 0 Å². The van der Waals surface area contributed by atoms with Crippen molar-refractivity contribution in [3.8, 4) is 0 Å². The Morgan fingerprint density at radius 1 is 1.26 bits per heavy atom. The van der Waals surface area contributed by atoms with Gasteiger partial charge in [0.25, 0.3) is 0 Å². The quantitative estimate of drug-likeness (QED) is 0.603. The van der Waals surface area contributed by atoms with Crippen LogP contribution >= 0.6 is 0 Å². The van der Waals surface area contributed by atoms with E-state index >= 15 is 0 Å². The molecule has 0 bridgehead atoms. The Balaban J connectivity index is 1.49. The third kappa shape index (κ3) is 5.01. The molecular weight excluding hydrogens is 242 g/mol. The van der Waals surface area contributed by atoms with E-state index in [0.29, 0.717) is 19.8 Å². The fourth-order valence-corrected chi connectivity index (χ4v) is 2.08. The molecule has 1 aromatic carbocycles. The summed E-state index contributed by atoms with van der Waals surface area (Å²) in [6, 6.07) is 9.95. The lowest BCUT2D eigenvalue weighted by Crippen LogP contribution is -2.32. The van der Waals surface area contributed by atoms with Crippen molar-refractivity contribution in [2.45, 2.75) is 31.9 Å². The lowest BCUT2D eigenvalue weighted by molar-refractivity contribution is -0.146. The van der Waals surface area contributed by atoms with E-state index in [2.05, 4.69) is 5.32 Å². The average molecular weight is 263 g/mol. The Bertz CT molecular complexity index is 374. The molecule has 2 rings (SSSR count). The molecule has 1 saturated heterocycles. The molecule has 0 radical (unpaired) electrons. The van der Waals surface area contributed by atoms with Gasteiger partial charge in [-0.05, 0) is 24.9 Å². The number of benzene rings is 1. The monoisotopic (exact) mass is 263 g/mol. The summed E-state index contributed by atoms with van der Waals surface area (Å²) < 4.78 is 10.7. The van der Waals surface area contributed by atoms with Gasteiger partial charge in [0.2, 0.25) is 0 Å². The number of carbonyl (C=O) groups is 1. The van der Waals surface area contributed by atoms with Gasteiger partial charge in [-0.1, -0.05) is 30.3 Å². The highest BCUT2D eigenvalue weighted by atomic mass is 16.5. The van der Waals surface area contributed by atoms with Crippen molar-refractivity contribution in [3.05, 3.63) is 35.9 Å². The number of rotatable bonds is 7. The van der Waals surface area contributed by atoms with Crippen LogP contribution in [0.25, 0.3) is 0 Å². The zero-order valence-corrected chi connectivity index (χ0v) is 11.1. The smallest absolute Gasteiger partial charge is 0.323 e. The van der Waals surface area contributed by atoms with Gasteiger partial charge in [0.15, 0.2) is 0 Å². The summed E-state index contributed by atoms with van der Waals surface area (Å²) in [7, 11) is 0. The minimum atomic E-state index is -0.124. The molecule has 1 aromatic rings. The Labute approximate surface area is 114 Å². The molecular formula is C15H21NO3. The molecule has 0 aromatic heterocycles. The second-order valence-electron chi connectivity index (χ2n) is 4.71. The Kier molecular flexibility index (Phi) is 5.85. The number of hydrogen-bond acceptors (Lipinski definition) is 4. The molecule has 19 heavy (non-hydrogen) atoms. The molecule has 1 aliphatic rings. The van der Waals surface area contributed by atoms with E-state index in [1.54, 1.807) is 0 Å². The second-order valence-corrected chi connectivity index (χ2v) is 4.71. The van der Waals surface area contributed by atoms with Crippen LogP contribution in [0.3, 0.4) is 0 Å². The van der Waals surface area contributed by atoms with E-state index in [-0.39, 0.29) is 12.0 Å². The summed E-state index contributed by atoms with van der Waals surface area (Å²) >= 11 is 0. The van der Waals surface area contributed by atoms with Gasteiger partial charge in [0.05, 0.1) is 19.8 Å². The van der Waals surface area contributed by atoms with Crippen LogP contribution in [0.2, 0.25) is 0 Å². The Morgan fingerprint density at radius 2 is 2.11 bits per heavy atom. The summed E-state index contributed by atoms with van der Waals surface area (Å²) in [6.45, 7) is 2.57. The molecule has 0 amide bonds. The van der Waals surface area contributed by atoms with Gasteiger partial charge in [-0.25, -0.2) is 0 Å². The fourth-order valence-electron chi connectivity index (χ4n) is 2.08. The SMILES string of the molecule is O=C(OCCCOCc1ccccc1)[C@@H]1CCCN1. The number of carbonyl (C=O) groups excluding carboxylic acids is 1. The first-order chi connectivity index (χ1) is 9.36. The van der Waals surface area contributed by atoms with E-state index < -0.39 is 0 Å². The van der Waals surface area contributed by atoms with Gasteiger partial charge in [-0.3, -0.25) is 4.79 Å². The van der Waals surface area contributed by atoms with Crippen LogP contribution in [0.1, 0.15) is 24.8 Å². The summed E-state index contributed by atoms with van der Waals surface area (Å²) in [5.41, 5.74) is 1.16. The fraction of sp³-hybridized carbons (Fsp3) is 0.533. The lowest BCUT2D eigenvalue weighted by atomic mass is 10.2. The maximum Gasteiger partial charge on any atom is 0.323 e. The van der Waals surface area contributed by atoms with Crippen molar-refractivity contribution in [2.75, 3.05) is 19.8 Å². The van der Waals surface area contributed by atoms with E-state index in [9.17, 15) is 4.79 Å². The van der Waals surface area contributed by atoms with Crippen molar-refractivity contribution in [1.29, 1.82) is 0 Å². The summed E-state index contributed by atoms with van der Waals surface area (Å²) in [5, 5.41) is 3.12. The topological polar surface area (TPSA) is 47.6 Å². The minimum absolute atomic E-state index is 0.0924. The number of hydrogen-bond donors (Lipinski definition) is 1. The second kappa shape index (κ2) is 7.92. The van der Waals surface area contributed by atoms with Crippen molar-refractivity contribution in [2.24, 2.45) is 0 Å². The first-order valence-corrected chi connectivity index (χ1v) is 6.88. The highest BCUT2D eigenvalue weighted by molar-refractivity contribution is 5.76. The molecule has 0 saturated carbocycles.